The Balaban J connectivity index is 1.41. The molecule has 20 heavy (non-hydrogen) atoms. The zero-order chi connectivity index (χ0) is 13.5. The van der Waals surface area contributed by atoms with Gasteiger partial charge in [0.05, 0.1) is 6.04 Å². The SMILES string of the molecule is O=C(NC1CC2CCC1C2)c1noc(C2CCCN2)n1. The summed E-state index contributed by atoms with van der Waals surface area (Å²) in [6, 6.07) is 0.430. The van der Waals surface area contributed by atoms with Gasteiger partial charge in [0.25, 0.3) is 11.7 Å². The van der Waals surface area contributed by atoms with E-state index in [4.69, 9.17) is 4.52 Å². The van der Waals surface area contributed by atoms with E-state index in [0.717, 1.165) is 31.7 Å². The Morgan fingerprint density at radius 1 is 1.30 bits per heavy atom. The van der Waals surface area contributed by atoms with E-state index in [0.29, 0.717) is 17.9 Å². The Bertz CT molecular complexity index is 509. The van der Waals surface area contributed by atoms with E-state index in [1.54, 1.807) is 0 Å². The predicted octanol–water partition coefficient (Wildman–Crippen LogP) is 1.41. The maximum absolute atomic E-state index is 12.2. The minimum absolute atomic E-state index is 0.117. The molecule has 6 nitrogen and oxygen atoms in total. The Morgan fingerprint density at radius 3 is 2.95 bits per heavy atom. The van der Waals surface area contributed by atoms with Gasteiger partial charge >= 0.3 is 0 Å². The normalized spacial score (nSPS) is 35.6. The Hall–Kier alpha value is -1.43. The Labute approximate surface area is 117 Å². The van der Waals surface area contributed by atoms with E-state index in [1.165, 1.54) is 19.3 Å². The summed E-state index contributed by atoms with van der Waals surface area (Å²) in [4.78, 5) is 16.4. The van der Waals surface area contributed by atoms with Gasteiger partial charge in [0.1, 0.15) is 0 Å². The molecule has 1 aromatic rings. The van der Waals surface area contributed by atoms with Crippen LogP contribution in [0.2, 0.25) is 0 Å². The third-order valence-electron chi connectivity index (χ3n) is 5.06. The number of aromatic nitrogens is 2. The molecule has 2 heterocycles. The first-order valence-electron chi connectivity index (χ1n) is 7.67. The topological polar surface area (TPSA) is 80.0 Å². The highest BCUT2D eigenvalue weighted by Gasteiger charge is 2.40. The average Bonchev–Trinajstić information content (AvgIpc) is 3.21. The first-order chi connectivity index (χ1) is 9.79. The molecule has 0 radical (unpaired) electrons. The monoisotopic (exact) mass is 276 g/mol. The van der Waals surface area contributed by atoms with Crippen molar-refractivity contribution >= 4 is 5.91 Å². The van der Waals surface area contributed by atoms with Gasteiger partial charge in [-0.3, -0.25) is 4.79 Å². The average molecular weight is 276 g/mol. The fourth-order valence-electron chi connectivity index (χ4n) is 4.02. The summed E-state index contributed by atoms with van der Waals surface area (Å²) in [7, 11) is 0. The predicted molar refractivity (Wildman–Crippen MR) is 71.0 cm³/mol. The molecule has 0 aromatic carbocycles. The lowest BCUT2D eigenvalue weighted by atomic mass is 9.95. The van der Waals surface area contributed by atoms with Gasteiger partial charge in [0.2, 0.25) is 5.89 Å². The van der Waals surface area contributed by atoms with E-state index >= 15 is 0 Å². The van der Waals surface area contributed by atoms with Gasteiger partial charge in [0, 0.05) is 6.04 Å². The second-order valence-corrected chi connectivity index (χ2v) is 6.36. The molecule has 2 saturated carbocycles. The number of carbonyl (C=O) groups excluding carboxylic acids is 1. The van der Waals surface area contributed by atoms with Crippen LogP contribution in [0.4, 0.5) is 0 Å². The number of hydrogen-bond acceptors (Lipinski definition) is 5. The molecule has 4 rings (SSSR count). The largest absolute Gasteiger partial charge is 0.346 e. The summed E-state index contributed by atoms with van der Waals surface area (Å²) < 4.78 is 5.21. The summed E-state index contributed by atoms with van der Waals surface area (Å²) >= 11 is 0. The summed E-state index contributed by atoms with van der Waals surface area (Å²) in [5.41, 5.74) is 0. The smallest absolute Gasteiger partial charge is 0.292 e. The highest BCUT2D eigenvalue weighted by molar-refractivity contribution is 5.90. The lowest BCUT2D eigenvalue weighted by molar-refractivity contribution is 0.0909. The molecular formula is C14H20N4O2. The van der Waals surface area contributed by atoms with Crippen LogP contribution in [-0.2, 0) is 0 Å². The van der Waals surface area contributed by atoms with Gasteiger partial charge in [-0.25, -0.2) is 0 Å². The lowest BCUT2D eigenvalue weighted by Crippen LogP contribution is -2.39. The van der Waals surface area contributed by atoms with Crippen LogP contribution < -0.4 is 10.6 Å². The molecule has 2 aliphatic carbocycles. The van der Waals surface area contributed by atoms with E-state index < -0.39 is 0 Å². The van der Waals surface area contributed by atoms with Gasteiger partial charge in [0.15, 0.2) is 0 Å². The van der Waals surface area contributed by atoms with Crippen molar-refractivity contribution in [1.29, 1.82) is 0 Å². The number of nitrogens with zero attached hydrogens (tertiary/aromatic N) is 2. The first kappa shape index (κ1) is 12.3. The van der Waals surface area contributed by atoms with E-state index in [2.05, 4.69) is 20.8 Å². The van der Waals surface area contributed by atoms with Gasteiger partial charge in [-0.15, -0.1) is 0 Å². The standard InChI is InChI=1S/C14H20N4O2/c19-13(16-11-7-8-3-4-9(11)6-8)12-17-14(20-18-12)10-2-1-5-15-10/h8-11,15H,1-7H2,(H,16,19). The van der Waals surface area contributed by atoms with Gasteiger partial charge < -0.3 is 15.2 Å². The third kappa shape index (κ3) is 2.12. The van der Waals surface area contributed by atoms with E-state index in [9.17, 15) is 4.79 Å². The third-order valence-corrected chi connectivity index (χ3v) is 5.06. The molecule has 2 bridgehead atoms. The fourth-order valence-corrected chi connectivity index (χ4v) is 4.02. The molecule has 4 unspecified atom stereocenters. The van der Waals surface area contributed by atoms with Crippen LogP contribution in [0.3, 0.4) is 0 Å². The van der Waals surface area contributed by atoms with Gasteiger partial charge in [-0.2, -0.15) is 4.98 Å². The number of nitrogens with one attached hydrogen (secondary N) is 2. The van der Waals surface area contributed by atoms with Crippen molar-refractivity contribution in [2.24, 2.45) is 11.8 Å². The number of hydrogen-bond donors (Lipinski definition) is 2. The number of amides is 1. The zero-order valence-corrected chi connectivity index (χ0v) is 11.5. The van der Waals surface area contributed by atoms with Crippen molar-refractivity contribution in [3.05, 3.63) is 11.7 Å². The zero-order valence-electron chi connectivity index (χ0n) is 11.5. The quantitative estimate of drug-likeness (QED) is 0.872. The fraction of sp³-hybridized carbons (Fsp3) is 0.786. The summed E-state index contributed by atoms with van der Waals surface area (Å²) in [6.07, 6.45) is 7.07. The van der Waals surface area contributed by atoms with Crippen molar-refractivity contribution in [3.63, 3.8) is 0 Å². The molecule has 3 aliphatic rings. The Morgan fingerprint density at radius 2 is 2.25 bits per heavy atom. The van der Waals surface area contributed by atoms with Crippen LogP contribution in [0.15, 0.2) is 4.52 Å². The van der Waals surface area contributed by atoms with Crippen molar-refractivity contribution < 1.29 is 9.32 Å². The highest BCUT2D eigenvalue weighted by Crippen LogP contribution is 2.44. The molecule has 4 atom stereocenters. The van der Waals surface area contributed by atoms with Crippen LogP contribution in [-0.4, -0.2) is 28.6 Å². The maximum Gasteiger partial charge on any atom is 0.292 e. The first-order valence-corrected chi connectivity index (χ1v) is 7.67. The highest BCUT2D eigenvalue weighted by atomic mass is 16.5. The second-order valence-electron chi connectivity index (χ2n) is 6.36. The van der Waals surface area contributed by atoms with Crippen molar-refractivity contribution in [2.75, 3.05) is 6.54 Å². The Kier molecular flexibility index (Phi) is 2.98. The van der Waals surface area contributed by atoms with Crippen molar-refractivity contribution in [3.8, 4) is 0 Å². The van der Waals surface area contributed by atoms with Crippen LogP contribution >= 0.6 is 0 Å². The summed E-state index contributed by atoms with van der Waals surface area (Å²) in [5, 5.41) is 10.2. The number of rotatable bonds is 3. The molecule has 6 heteroatoms. The minimum Gasteiger partial charge on any atom is -0.346 e. The number of fused-ring (bicyclic) bond motifs is 2. The van der Waals surface area contributed by atoms with Crippen molar-refractivity contribution in [1.82, 2.24) is 20.8 Å². The van der Waals surface area contributed by atoms with Crippen LogP contribution in [0, 0.1) is 11.8 Å². The summed E-state index contributed by atoms with van der Waals surface area (Å²) in [5.74, 6) is 2.01. The van der Waals surface area contributed by atoms with E-state index in [-0.39, 0.29) is 17.8 Å². The van der Waals surface area contributed by atoms with Gasteiger partial charge in [-0.1, -0.05) is 11.6 Å². The van der Waals surface area contributed by atoms with Crippen LogP contribution in [0.1, 0.15) is 61.1 Å². The molecule has 1 aromatic heterocycles. The summed E-state index contributed by atoms with van der Waals surface area (Å²) in [6.45, 7) is 0.972. The van der Waals surface area contributed by atoms with E-state index in [1.807, 2.05) is 0 Å². The second kappa shape index (κ2) is 4.84. The molecule has 1 amide bonds. The van der Waals surface area contributed by atoms with Crippen LogP contribution in [0.5, 0.6) is 0 Å². The number of carbonyl (C=O) groups is 1. The lowest BCUT2D eigenvalue weighted by Gasteiger charge is -2.21. The van der Waals surface area contributed by atoms with Crippen LogP contribution in [0.25, 0.3) is 0 Å². The molecule has 108 valence electrons. The maximum atomic E-state index is 12.2. The minimum atomic E-state index is -0.185. The molecule has 3 fully saturated rings. The van der Waals surface area contributed by atoms with Crippen molar-refractivity contribution in [2.45, 2.75) is 50.6 Å². The van der Waals surface area contributed by atoms with Gasteiger partial charge in [-0.05, 0) is 50.5 Å². The molecule has 2 N–H and O–H groups in total. The molecular weight excluding hydrogens is 256 g/mol. The molecule has 1 saturated heterocycles. The molecule has 0 spiro atoms. The molecule has 1 aliphatic heterocycles.